The van der Waals surface area contributed by atoms with E-state index in [4.69, 9.17) is 10.1 Å². The van der Waals surface area contributed by atoms with Crippen LogP contribution in [0.1, 0.15) is 31.9 Å². The van der Waals surface area contributed by atoms with Crippen molar-refractivity contribution in [1.82, 2.24) is 9.78 Å². The predicted octanol–water partition coefficient (Wildman–Crippen LogP) is 5.12. The summed E-state index contributed by atoms with van der Waals surface area (Å²) in [4.78, 5) is 0. The maximum absolute atomic E-state index is 7.72. The van der Waals surface area contributed by atoms with E-state index in [0.29, 0.717) is 24.6 Å². The molecule has 25 heavy (non-hydrogen) atoms. The average Bonchev–Trinajstić information content (AvgIpc) is 3.05. The highest BCUT2D eigenvalue weighted by Gasteiger charge is 2.16. The standard InChI is InChI=1S/C21H23N3O/c1-16(22)13-17(2)24-14-20(19-11-7-4-8-12-19)21(23-24)25-15-18-9-5-3-6-10-18/h3-12,14,17,22H,13,15H2,1-2H3. The van der Waals surface area contributed by atoms with Crippen molar-refractivity contribution >= 4 is 5.71 Å². The van der Waals surface area contributed by atoms with Gasteiger partial charge in [-0.25, -0.2) is 0 Å². The van der Waals surface area contributed by atoms with Crippen molar-refractivity contribution in [2.45, 2.75) is 32.9 Å². The molecule has 4 heteroatoms. The van der Waals surface area contributed by atoms with E-state index in [1.54, 1.807) is 0 Å². The van der Waals surface area contributed by atoms with Crippen LogP contribution in [0.5, 0.6) is 5.88 Å². The van der Waals surface area contributed by atoms with E-state index < -0.39 is 0 Å². The normalized spacial score (nSPS) is 11.9. The Morgan fingerprint density at radius 2 is 1.72 bits per heavy atom. The van der Waals surface area contributed by atoms with Gasteiger partial charge in [-0.2, -0.15) is 0 Å². The lowest BCUT2D eigenvalue weighted by molar-refractivity contribution is 0.288. The highest BCUT2D eigenvalue weighted by molar-refractivity contribution is 5.78. The van der Waals surface area contributed by atoms with Crippen molar-refractivity contribution in [3.8, 4) is 17.0 Å². The molecule has 0 aliphatic carbocycles. The van der Waals surface area contributed by atoms with E-state index in [1.165, 1.54) is 0 Å². The predicted molar refractivity (Wildman–Crippen MR) is 101 cm³/mol. The number of hydrogen-bond acceptors (Lipinski definition) is 3. The molecule has 0 spiro atoms. The van der Waals surface area contributed by atoms with Crippen LogP contribution in [0.15, 0.2) is 66.9 Å². The smallest absolute Gasteiger partial charge is 0.241 e. The summed E-state index contributed by atoms with van der Waals surface area (Å²) < 4.78 is 7.93. The molecule has 0 amide bonds. The van der Waals surface area contributed by atoms with Crippen molar-refractivity contribution in [3.05, 3.63) is 72.4 Å². The van der Waals surface area contributed by atoms with Gasteiger partial charge in [-0.15, -0.1) is 5.10 Å². The SMILES string of the molecule is CC(=N)CC(C)n1cc(-c2ccccc2)c(OCc2ccccc2)n1. The van der Waals surface area contributed by atoms with Gasteiger partial charge in [0.2, 0.25) is 5.88 Å². The average molecular weight is 333 g/mol. The van der Waals surface area contributed by atoms with Gasteiger partial charge in [0, 0.05) is 18.3 Å². The Bertz CT molecular complexity index is 825. The second kappa shape index (κ2) is 7.79. The maximum atomic E-state index is 7.72. The third kappa shape index (κ3) is 4.35. The van der Waals surface area contributed by atoms with E-state index >= 15 is 0 Å². The van der Waals surface area contributed by atoms with E-state index in [-0.39, 0.29) is 6.04 Å². The first-order valence-corrected chi connectivity index (χ1v) is 8.49. The van der Waals surface area contributed by atoms with Crippen molar-refractivity contribution in [3.63, 3.8) is 0 Å². The zero-order valence-corrected chi connectivity index (χ0v) is 14.6. The lowest BCUT2D eigenvalue weighted by Crippen LogP contribution is -2.09. The zero-order chi connectivity index (χ0) is 17.6. The topological polar surface area (TPSA) is 50.9 Å². The van der Waals surface area contributed by atoms with Crippen LogP contribution >= 0.6 is 0 Å². The van der Waals surface area contributed by atoms with Gasteiger partial charge in [-0.05, 0) is 25.0 Å². The number of benzene rings is 2. The van der Waals surface area contributed by atoms with Crippen LogP contribution in [0.2, 0.25) is 0 Å². The molecule has 0 aliphatic heterocycles. The minimum atomic E-state index is 0.119. The van der Waals surface area contributed by atoms with E-state index in [0.717, 1.165) is 16.7 Å². The number of ether oxygens (including phenoxy) is 1. The first-order valence-electron chi connectivity index (χ1n) is 8.49. The summed E-state index contributed by atoms with van der Waals surface area (Å²) in [6, 6.07) is 20.3. The quantitative estimate of drug-likeness (QED) is 0.610. The molecule has 0 bridgehead atoms. The number of nitrogens with zero attached hydrogens (tertiary/aromatic N) is 2. The largest absolute Gasteiger partial charge is 0.471 e. The van der Waals surface area contributed by atoms with Crippen LogP contribution in [0.4, 0.5) is 0 Å². The molecule has 128 valence electrons. The first kappa shape index (κ1) is 17.0. The molecule has 3 rings (SSSR count). The van der Waals surface area contributed by atoms with E-state index in [2.05, 4.69) is 24.2 Å². The lowest BCUT2D eigenvalue weighted by Gasteiger charge is -2.10. The number of rotatable bonds is 7. The molecule has 0 saturated carbocycles. The maximum Gasteiger partial charge on any atom is 0.241 e. The third-order valence-electron chi connectivity index (χ3n) is 4.05. The lowest BCUT2D eigenvalue weighted by atomic mass is 10.1. The van der Waals surface area contributed by atoms with Gasteiger partial charge in [0.15, 0.2) is 0 Å². The molecule has 1 N–H and O–H groups in total. The fraction of sp³-hybridized carbons (Fsp3) is 0.238. The summed E-state index contributed by atoms with van der Waals surface area (Å²) in [5, 5.41) is 12.4. The van der Waals surface area contributed by atoms with Crippen LogP contribution in [0.3, 0.4) is 0 Å². The minimum Gasteiger partial charge on any atom is -0.471 e. The summed E-state index contributed by atoms with van der Waals surface area (Å²) in [7, 11) is 0. The van der Waals surface area contributed by atoms with Gasteiger partial charge >= 0.3 is 0 Å². The summed E-state index contributed by atoms with van der Waals surface area (Å²) in [6.07, 6.45) is 2.69. The fourth-order valence-electron chi connectivity index (χ4n) is 2.79. The van der Waals surface area contributed by atoms with Gasteiger partial charge in [-0.3, -0.25) is 4.68 Å². The Morgan fingerprint density at radius 1 is 1.08 bits per heavy atom. The molecule has 2 aromatic carbocycles. The molecule has 0 aliphatic rings. The highest BCUT2D eigenvalue weighted by atomic mass is 16.5. The number of hydrogen-bond donors (Lipinski definition) is 1. The van der Waals surface area contributed by atoms with Crippen LogP contribution in [-0.4, -0.2) is 15.5 Å². The van der Waals surface area contributed by atoms with Gasteiger partial charge < -0.3 is 10.1 Å². The summed E-state index contributed by atoms with van der Waals surface area (Å²) in [5.41, 5.74) is 3.82. The van der Waals surface area contributed by atoms with Crippen molar-refractivity contribution in [2.24, 2.45) is 0 Å². The number of nitrogens with one attached hydrogen (secondary N) is 1. The fourth-order valence-corrected chi connectivity index (χ4v) is 2.79. The Balaban J connectivity index is 1.88. The Morgan fingerprint density at radius 3 is 2.36 bits per heavy atom. The van der Waals surface area contributed by atoms with Crippen molar-refractivity contribution in [1.29, 1.82) is 5.41 Å². The Kier molecular flexibility index (Phi) is 5.29. The van der Waals surface area contributed by atoms with Crippen LogP contribution in [-0.2, 0) is 6.61 Å². The molecular weight excluding hydrogens is 310 g/mol. The summed E-state index contributed by atoms with van der Waals surface area (Å²) in [6.45, 7) is 4.38. The Hall–Kier alpha value is -2.88. The first-order chi connectivity index (χ1) is 12.1. The zero-order valence-electron chi connectivity index (χ0n) is 14.6. The molecule has 0 radical (unpaired) electrons. The van der Waals surface area contributed by atoms with Crippen molar-refractivity contribution < 1.29 is 4.74 Å². The van der Waals surface area contributed by atoms with Crippen molar-refractivity contribution in [2.75, 3.05) is 0 Å². The van der Waals surface area contributed by atoms with Gasteiger partial charge in [0.05, 0.1) is 11.6 Å². The molecule has 1 aromatic heterocycles. The van der Waals surface area contributed by atoms with Gasteiger partial charge in [0.1, 0.15) is 6.61 Å². The molecule has 3 aromatic rings. The van der Waals surface area contributed by atoms with Gasteiger partial charge in [-0.1, -0.05) is 60.7 Å². The van der Waals surface area contributed by atoms with Crippen LogP contribution in [0, 0.1) is 5.41 Å². The monoisotopic (exact) mass is 333 g/mol. The van der Waals surface area contributed by atoms with E-state index in [9.17, 15) is 0 Å². The second-order valence-electron chi connectivity index (χ2n) is 6.30. The van der Waals surface area contributed by atoms with Crippen LogP contribution < -0.4 is 4.74 Å². The van der Waals surface area contributed by atoms with E-state index in [1.807, 2.05) is 66.3 Å². The molecule has 0 fully saturated rings. The molecule has 1 heterocycles. The van der Waals surface area contributed by atoms with Gasteiger partial charge in [0.25, 0.3) is 0 Å². The second-order valence-corrected chi connectivity index (χ2v) is 6.30. The van der Waals surface area contributed by atoms with Crippen LogP contribution in [0.25, 0.3) is 11.1 Å². The molecule has 1 unspecified atom stereocenters. The minimum absolute atomic E-state index is 0.119. The molecular formula is C21H23N3O. The Labute approximate surface area is 148 Å². The molecule has 1 atom stereocenters. The summed E-state index contributed by atoms with van der Waals surface area (Å²) in [5.74, 6) is 0.629. The third-order valence-corrected chi connectivity index (χ3v) is 4.05. The highest BCUT2D eigenvalue weighted by Crippen LogP contribution is 2.31. The number of aromatic nitrogens is 2. The summed E-state index contributed by atoms with van der Waals surface area (Å²) >= 11 is 0. The molecule has 4 nitrogen and oxygen atoms in total. The molecule has 0 saturated heterocycles.